The van der Waals surface area contributed by atoms with E-state index in [1.54, 1.807) is 0 Å². The minimum atomic E-state index is -0.615. The van der Waals surface area contributed by atoms with Crippen molar-refractivity contribution in [1.29, 1.82) is 0 Å². The first-order valence-corrected chi connectivity index (χ1v) is 9.53. The second-order valence-electron chi connectivity index (χ2n) is 10.1. The lowest BCUT2D eigenvalue weighted by atomic mass is 9.93. The minimum Gasteiger partial charge on any atom is -0.380 e. The predicted octanol–water partition coefficient (Wildman–Crippen LogP) is 2.47. The number of hydrogen-bond donors (Lipinski definition) is 3. The summed E-state index contributed by atoms with van der Waals surface area (Å²) in [7, 11) is 0. The molecule has 0 aliphatic rings. The standard InChI is InChI=1S/C20H41N3O3/c1-18(2,3)10-12-26-13-11-21-16(24)15(14-22-20(7,8)9)23-17(25)19(4,5)6/h15,22H,10-14H2,1-9H3,(H,21,24)(H,23,25). The summed E-state index contributed by atoms with van der Waals surface area (Å²) in [6.07, 6.45) is 0.973. The lowest BCUT2D eigenvalue weighted by molar-refractivity contribution is -0.133. The highest BCUT2D eigenvalue weighted by Crippen LogP contribution is 2.17. The third kappa shape index (κ3) is 13.1. The fourth-order valence-electron chi connectivity index (χ4n) is 1.84. The van der Waals surface area contributed by atoms with Gasteiger partial charge in [0.15, 0.2) is 0 Å². The van der Waals surface area contributed by atoms with Crippen molar-refractivity contribution < 1.29 is 14.3 Å². The third-order valence-electron chi connectivity index (χ3n) is 3.68. The van der Waals surface area contributed by atoms with Crippen molar-refractivity contribution in [3.05, 3.63) is 0 Å². The molecule has 0 aromatic heterocycles. The van der Waals surface area contributed by atoms with Gasteiger partial charge in [-0.25, -0.2) is 0 Å². The van der Waals surface area contributed by atoms with Gasteiger partial charge in [0.25, 0.3) is 0 Å². The molecule has 0 spiro atoms. The largest absolute Gasteiger partial charge is 0.380 e. The molecule has 0 aliphatic carbocycles. The summed E-state index contributed by atoms with van der Waals surface area (Å²) in [5.41, 5.74) is -0.443. The van der Waals surface area contributed by atoms with Crippen molar-refractivity contribution in [1.82, 2.24) is 16.0 Å². The van der Waals surface area contributed by atoms with Crippen LogP contribution in [0.5, 0.6) is 0 Å². The Morgan fingerprint density at radius 3 is 1.96 bits per heavy atom. The van der Waals surface area contributed by atoms with Crippen LogP contribution < -0.4 is 16.0 Å². The molecule has 154 valence electrons. The van der Waals surface area contributed by atoms with E-state index in [0.717, 1.165) is 6.42 Å². The van der Waals surface area contributed by atoms with E-state index in [2.05, 4.69) is 36.7 Å². The Bertz CT molecular complexity index is 443. The zero-order chi connectivity index (χ0) is 20.6. The highest BCUT2D eigenvalue weighted by atomic mass is 16.5. The number of ether oxygens (including phenoxy) is 1. The number of rotatable bonds is 9. The Labute approximate surface area is 160 Å². The molecule has 3 N–H and O–H groups in total. The van der Waals surface area contributed by atoms with Gasteiger partial charge < -0.3 is 20.7 Å². The fourth-order valence-corrected chi connectivity index (χ4v) is 1.84. The van der Waals surface area contributed by atoms with Gasteiger partial charge in [-0.15, -0.1) is 0 Å². The molecule has 1 atom stereocenters. The first-order chi connectivity index (χ1) is 11.6. The molecule has 6 heteroatoms. The van der Waals surface area contributed by atoms with E-state index < -0.39 is 11.5 Å². The summed E-state index contributed by atoms with van der Waals surface area (Å²) in [6.45, 7) is 20.0. The van der Waals surface area contributed by atoms with Gasteiger partial charge in [-0.3, -0.25) is 9.59 Å². The quantitative estimate of drug-likeness (QED) is 0.544. The van der Waals surface area contributed by atoms with E-state index in [0.29, 0.717) is 26.3 Å². The van der Waals surface area contributed by atoms with Gasteiger partial charge in [0.05, 0.1) is 6.61 Å². The average molecular weight is 372 g/mol. The van der Waals surface area contributed by atoms with E-state index >= 15 is 0 Å². The van der Waals surface area contributed by atoms with E-state index in [9.17, 15) is 9.59 Å². The highest BCUT2D eigenvalue weighted by Gasteiger charge is 2.28. The maximum Gasteiger partial charge on any atom is 0.243 e. The van der Waals surface area contributed by atoms with Crippen molar-refractivity contribution >= 4 is 11.8 Å². The van der Waals surface area contributed by atoms with Gasteiger partial charge in [-0.1, -0.05) is 41.5 Å². The number of carbonyl (C=O) groups is 2. The van der Waals surface area contributed by atoms with Crippen LogP contribution in [0.2, 0.25) is 0 Å². The van der Waals surface area contributed by atoms with E-state index in [1.165, 1.54) is 0 Å². The van der Waals surface area contributed by atoms with E-state index in [4.69, 9.17) is 4.74 Å². The van der Waals surface area contributed by atoms with Crippen LogP contribution in [0.3, 0.4) is 0 Å². The lowest BCUT2D eigenvalue weighted by Gasteiger charge is -2.27. The van der Waals surface area contributed by atoms with Gasteiger partial charge in [0.1, 0.15) is 6.04 Å². The Kier molecular flexibility index (Phi) is 9.81. The first-order valence-electron chi connectivity index (χ1n) is 9.53. The maximum absolute atomic E-state index is 12.5. The van der Waals surface area contributed by atoms with Crippen molar-refractivity contribution in [2.75, 3.05) is 26.3 Å². The van der Waals surface area contributed by atoms with Gasteiger partial charge in [-0.05, 0) is 32.6 Å². The topological polar surface area (TPSA) is 79.5 Å². The number of nitrogens with one attached hydrogen (secondary N) is 3. The van der Waals surface area contributed by atoms with Crippen LogP contribution in [-0.4, -0.2) is 49.7 Å². The normalized spacial score (nSPS) is 14.0. The molecule has 0 fully saturated rings. The van der Waals surface area contributed by atoms with Crippen LogP contribution in [0.1, 0.15) is 68.7 Å². The fraction of sp³-hybridized carbons (Fsp3) is 0.900. The minimum absolute atomic E-state index is 0.138. The molecular formula is C20H41N3O3. The third-order valence-corrected chi connectivity index (χ3v) is 3.68. The van der Waals surface area contributed by atoms with Gasteiger partial charge in [0, 0.05) is 30.7 Å². The van der Waals surface area contributed by atoms with Crippen LogP contribution in [0.15, 0.2) is 0 Å². The van der Waals surface area contributed by atoms with Gasteiger partial charge >= 0.3 is 0 Å². The molecular weight excluding hydrogens is 330 g/mol. The molecule has 26 heavy (non-hydrogen) atoms. The molecule has 2 amide bonds. The van der Waals surface area contributed by atoms with Crippen LogP contribution in [0, 0.1) is 10.8 Å². The molecule has 0 saturated carbocycles. The van der Waals surface area contributed by atoms with E-state index in [1.807, 2.05) is 41.5 Å². The van der Waals surface area contributed by atoms with Crippen LogP contribution in [0.4, 0.5) is 0 Å². The van der Waals surface area contributed by atoms with Gasteiger partial charge in [-0.2, -0.15) is 0 Å². The number of amides is 2. The molecule has 0 aliphatic heterocycles. The zero-order valence-electron chi connectivity index (χ0n) is 18.3. The van der Waals surface area contributed by atoms with Crippen LogP contribution >= 0.6 is 0 Å². The molecule has 0 radical (unpaired) electrons. The van der Waals surface area contributed by atoms with E-state index in [-0.39, 0.29) is 22.8 Å². The molecule has 0 bridgehead atoms. The summed E-state index contributed by atoms with van der Waals surface area (Å²) >= 11 is 0. The molecule has 0 aromatic rings. The molecule has 0 saturated heterocycles. The number of carbonyl (C=O) groups excluding carboxylic acids is 2. The Morgan fingerprint density at radius 2 is 1.50 bits per heavy atom. The highest BCUT2D eigenvalue weighted by molar-refractivity contribution is 5.89. The van der Waals surface area contributed by atoms with Crippen molar-refractivity contribution in [2.45, 2.75) is 80.3 Å². The van der Waals surface area contributed by atoms with Crippen LogP contribution in [0.25, 0.3) is 0 Å². The second kappa shape index (κ2) is 10.3. The monoisotopic (exact) mass is 371 g/mol. The summed E-state index contributed by atoms with van der Waals surface area (Å²) < 4.78 is 5.57. The Hall–Kier alpha value is -1.14. The van der Waals surface area contributed by atoms with Crippen molar-refractivity contribution in [2.24, 2.45) is 10.8 Å². The van der Waals surface area contributed by atoms with Crippen LogP contribution in [-0.2, 0) is 14.3 Å². The first kappa shape index (κ1) is 24.9. The summed E-state index contributed by atoms with van der Waals surface area (Å²) in [5.74, 6) is -0.339. The molecule has 6 nitrogen and oxygen atoms in total. The summed E-state index contributed by atoms with van der Waals surface area (Å²) in [6, 6.07) is -0.615. The summed E-state index contributed by atoms with van der Waals surface area (Å²) in [4.78, 5) is 24.8. The molecule has 0 heterocycles. The van der Waals surface area contributed by atoms with Crippen molar-refractivity contribution in [3.8, 4) is 0 Å². The SMILES string of the molecule is CC(C)(C)CCOCCNC(=O)C(CNC(C)(C)C)NC(=O)C(C)(C)C. The number of hydrogen-bond acceptors (Lipinski definition) is 4. The maximum atomic E-state index is 12.5. The molecule has 0 rings (SSSR count). The Balaban J connectivity index is 4.48. The van der Waals surface area contributed by atoms with Crippen molar-refractivity contribution in [3.63, 3.8) is 0 Å². The lowest BCUT2D eigenvalue weighted by Crippen LogP contribution is -2.56. The zero-order valence-corrected chi connectivity index (χ0v) is 18.3. The average Bonchev–Trinajstić information content (AvgIpc) is 2.43. The summed E-state index contributed by atoms with van der Waals surface area (Å²) in [5, 5.41) is 8.98. The smallest absolute Gasteiger partial charge is 0.243 e. The van der Waals surface area contributed by atoms with Gasteiger partial charge in [0.2, 0.25) is 11.8 Å². The molecule has 0 aromatic carbocycles. The molecule has 1 unspecified atom stereocenters. The second-order valence-corrected chi connectivity index (χ2v) is 10.1. The predicted molar refractivity (Wildman–Crippen MR) is 107 cm³/mol. The Morgan fingerprint density at radius 1 is 0.923 bits per heavy atom.